The second-order valence-electron chi connectivity index (χ2n) is 4.73. The number of hydrogen-bond acceptors (Lipinski definition) is 6. The van der Waals surface area contributed by atoms with Crippen LogP contribution in [0, 0.1) is 0 Å². The van der Waals surface area contributed by atoms with Gasteiger partial charge < -0.3 is 10.1 Å². The average molecular weight is 392 g/mol. The Morgan fingerprint density at radius 2 is 2.00 bits per heavy atom. The molecule has 2 aromatic heterocycles. The summed E-state index contributed by atoms with van der Waals surface area (Å²) < 4.78 is 44.0. The average Bonchev–Trinajstić information content (AvgIpc) is 3.11. The van der Waals surface area contributed by atoms with Gasteiger partial charge in [-0.3, -0.25) is 4.79 Å². The molecule has 132 valence electrons. The fraction of sp³-hybridized carbons (Fsp3) is 0.231. The minimum atomic E-state index is -4.65. The molecule has 0 spiro atoms. The van der Waals surface area contributed by atoms with Crippen molar-refractivity contribution in [1.82, 2.24) is 25.1 Å². The summed E-state index contributed by atoms with van der Waals surface area (Å²) in [7, 11) is 0. The number of halogens is 4. The number of alkyl halides is 3. The Hall–Kier alpha value is -2.40. The number of fused-ring (bicyclic) bond motifs is 1. The van der Waals surface area contributed by atoms with Gasteiger partial charge in [-0.25, -0.2) is 0 Å². The molecule has 0 aliphatic heterocycles. The molecule has 0 aliphatic rings. The molecule has 0 unspecified atom stereocenters. The number of hydrogen-bond donors (Lipinski definition) is 1. The van der Waals surface area contributed by atoms with Crippen LogP contribution in [0.15, 0.2) is 24.3 Å². The lowest BCUT2D eigenvalue weighted by Crippen LogP contribution is -2.28. The molecule has 2 heterocycles. The van der Waals surface area contributed by atoms with E-state index >= 15 is 0 Å². The summed E-state index contributed by atoms with van der Waals surface area (Å²) in [5.41, 5.74) is 0. The predicted octanol–water partition coefficient (Wildman–Crippen LogP) is 2.55. The lowest BCUT2D eigenvalue weighted by atomic mass is 10.3. The maximum absolute atomic E-state index is 12.7. The van der Waals surface area contributed by atoms with Crippen LogP contribution in [0.3, 0.4) is 0 Å². The van der Waals surface area contributed by atoms with E-state index in [1.165, 1.54) is 0 Å². The monoisotopic (exact) mass is 391 g/mol. The van der Waals surface area contributed by atoms with Gasteiger partial charge in [0.25, 0.3) is 11.7 Å². The van der Waals surface area contributed by atoms with E-state index in [1.54, 1.807) is 24.3 Å². The molecule has 3 aromatic rings. The maximum atomic E-state index is 12.7. The number of rotatable bonds is 5. The normalized spacial score (nSPS) is 11.7. The molecule has 3 rings (SSSR count). The Morgan fingerprint density at radius 1 is 1.28 bits per heavy atom. The molecule has 1 amide bonds. The van der Waals surface area contributed by atoms with Crippen molar-refractivity contribution >= 4 is 33.8 Å². The molecule has 25 heavy (non-hydrogen) atoms. The van der Waals surface area contributed by atoms with E-state index in [-0.39, 0.29) is 23.1 Å². The van der Waals surface area contributed by atoms with E-state index < -0.39 is 17.9 Å². The van der Waals surface area contributed by atoms with Crippen molar-refractivity contribution in [1.29, 1.82) is 0 Å². The number of carbonyl (C=O) groups excluding carboxylic acids is 1. The third-order valence-electron chi connectivity index (χ3n) is 2.91. The Morgan fingerprint density at radius 3 is 2.68 bits per heavy atom. The van der Waals surface area contributed by atoms with Gasteiger partial charge in [0.05, 0.1) is 6.54 Å². The molecular formula is C13H9ClF3N5O2S. The van der Waals surface area contributed by atoms with Crippen LogP contribution in [0.4, 0.5) is 13.2 Å². The van der Waals surface area contributed by atoms with Crippen LogP contribution in [0.25, 0.3) is 4.96 Å². The van der Waals surface area contributed by atoms with Crippen molar-refractivity contribution in [3.63, 3.8) is 0 Å². The topological polar surface area (TPSA) is 81.4 Å². The first kappa shape index (κ1) is 17.4. The van der Waals surface area contributed by atoms with Crippen LogP contribution in [0.1, 0.15) is 10.8 Å². The highest BCUT2D eigenvalue weighted by atomic mass is 35.5. The standard InChI is InChI=1S/C13H9ClF3N5O2S/c14-7-1-3-8(4-2-7)24-6-9(23)18-5-10-21-22-11(13(15,16)17)19-20-12(22)25-10/h1-4H,5-6H2,(H,18,23). The maximum Gasteiger partial charge on any atom is 0.453 e. The third kappa shape index (κ3) is 4.17. The van der Waals surface area contributed by atoms with Crippen molar-refractivity contribution in [2.75, 3.05) is 6.61 Å². The molecule has 1 aromatic carbocycles. The SMILES string of the molecule is O=C(COc1ccc(Cl)cc1)NCc1nn2c(C(F)(F)F)nnc2s1. The summed E-state index contributed by atoms with van der Waals surface area (Å²) in [4.78, 5) is 11.7. The van der Waals surface area contributed by atoms with Gasteiger partial charge in [-0.2, -0.15) is 22.8 Å². The van der Waals surface area contributed by atoms with Crippen molar-refractivity contribution in [3.05, 3.63) is 40.1 Å². The Balaban J connectivity index is 1.56. The first-order valence-electron chi connectivity index (χ1n) is 6.76. The second-order valence-corrected chi connectivity index (χ2v) is 6.21. The highest BCUT2D eigenvalue weighted by Crippen LogP contribution is 2.28. The van der Waals surface area contributed by atoms with E-state index in [0.717, 1.165) is 11.3 Å². The van der Waals surface area contributed by atoms with Crippen LogP contribution in [0.5, 0.6) is 5.75 Å². The van der Waals surface area contributed by atoms with E-state index in [1.807, 2.05) is 0 Å². The summed E-state index contributed by atoms with van der Waals surface area (Å²) >= 11 is 6.63. The minimum absolute atomic E-state index is 0.00557. The van der Waals surface area contributed by atoms with Gasteiger partial charge >= 0.3 is 6.18 Å². The van der Waals surface area contributed by atoms with Crippen LogP contribution < -0.4 is 10.1 Å². The van der Waals surface area contributed by atoms with Gasteiger partial charge in [0.15, 0.2) is 6.61 Å². The number of aromatic nitrogens is 4. The Bertz CT molecular complexity index is 893. The van der Waals surface area contributed by atoms with Crippen molar-refractivity contribution in [2.45, 2.75) is 12.7 Å². The molecule has 7 nitrogen and oxygen atoms in total. The predicted molar refractivity (Wildman–Crippen MR) is 82.5 cm³/mol. The summed E-state index contributed by atoms with van der Waals surface area (Å²) in [6.45, 7) is -0.298. The van der Waals surface area contributed by atoms with Gasteiger partial charge in [-0.1, -0.05) is 22.9 Å². The van der Waals surface area contributed by atoms with Gasteiger partial charge in [0.1, 0.15) is 10.8 Å². The molecule has 0 radical (unpaired) electrons. The number of amides is 1. The quantitative estimate of drug-likeness (QED) is 0.723. The van der Waals surface area contributed by atoms with Gasteiger partial charge in [-0.05, 0) is 24.3 Å². The molecule has 0 atom stereocenters. The summed E-state index contributed by atoms with van der Waals surface area (Å²) in [5, 5.41) is 13.5. The lowest BCUT2D eigenvalue weighted by Gasteiger charge is -2.06. The number of benzene rings is 1. The number of carbonyl (C=O) groups is 1. The van der Waals surface area contributed by atoms with Crippen LogP contribution in [0.2, 0.25) is 5.02 Å². The highest BCUT2D eigenvalue weighted by Gasteiger charge is 2.38. The van der Waals surface area contributed by atoms with Crippen molar-refractivity contribution < 1.29 is 22.7 Å². The van der Waals surface area contributed by atoms with Gasteiger partial charge in [0.2, 0.25) is 4.96 Å². The molecule has 0 saturated heterocycles. The summed E-state index contributed by atoms with van der Waals surface area (Å²) in [5.74, 6) is -1.19. The molecule has 0 fully saturated rings. The van der Waals surface area contributed by atoms with E-state index in [9.17, 15) is 18.0 Å². The van der Waals surface area contributed by atoms with Crippen molar-refractivity contribution in [2.24, 2.45) is 0 Å². The zero-order chi connectivity index (χ0) is 18.0. The van der Waals surface area contributed by atoms with E-state index in [4.69, 9.17) is 16.3 Å². The largest absolute Gasteiger partial charge is 0.484 e. The molecule has 0 aliphatic carbocycles. The fourth-order valence-corrected chi connectivity index (χ4v) is 2.71. The highest BCUT2D eigenvalue weighted by molar-refractivity contribution is 7.16. The smallest absolute Gasteiger partial charge is 0.453 e. The zero-order valence-corrected chi connectivity index (χ0v) is 13.8. The first-order chi connectivity index (χ1) is 11.8. The number of ether oxygens (including phenoxy) is 1. The van der Waals surface area contributed by atoms with Gasteiger partial charge in [-0.15, -0.1) is 10.2 Å². The van der Waals surface area contributed by atoms with E-state index in [0.29, 0.717) is 15.3 Å². The molecule has 1 N–H and O–H groups in total. The second kappa shape index (κ2) is 6.84. The number of nitrogens with zero attached hydrogens (tertiary/aromatic N) is 4. The summed E-state index contributed by atoms with van der Waals surface area (Å²) in [6, 6.07) is 6.45. The Kier molecular flexibility index (Phi) is 4.77. The third-order valence-corrected chi connectivity index (χ3v) is 4.06. The Labute approximate surface area is 147 Å². The minimum Gasteiger partial charge on any atom is -0.484 e. The zero-order valence-electron chi connectivity index (χ0n) is 12.2. The van der Waals surface area contributed by atoms with Crippen LogP contribution in [-0.2, 0) is 17.5 Å². The van der Waals surface area contributed by atoms with Crippen LogP contribution >= 0.6 is 22.9 Å². The summed E-state index contributed by atoms with van der Waals surface area (Å²) in [6.07, 6.45) is -4.65. The molecule has 0 bridgehead atoms. The van der Waals surface area contributed by atoms with E-state index in [2.05, 4.69) is 20.6 Å². The first-order valence-corrected chi connectivity index (χ1v) is 7.96. The van der Waals surface area contributed by atoms with Crippen molar-refractivity contribution in [3.8, 4) is 5.75 Å². The van der Waals surface area contributed by atoms with Crippen LogP contribution in [-0.4, -0.2) is 32.3 Å². The lowest BCUT2D eigenvalue weighted by molar-refractivity contribution is -0.146. The fourth-order valence-electron chi connectivity index (χ4n) is 1.81. The molecular weight excluding hydrogens is 383 g/mol. The molecule has 0 saturated carbocycles. The molecule has 12 heteroatoms. The van der Waals surface area contributed by atoms with Gasteiger partial charge in [0, 0.05) is 5.02 Å². The number of nitrogens with one attached hydrogen (secondary N) is 1.